The molecule has 1 aromatic heterocycles. The van der Waals surface area contributed by atoms with Gasteiger partial charge in [-0.1, -0.05) is 24.3 Å². The SMILES string of the molecule is Cn1cccc1C(=O)NCc1ccccc1CO. The first-order chi connectivity index (χ1) is 8.72. The van der Waals surface area contributed by atoms with E-state index in [0.717, 1.165) is 11.1 Å². The molecule has 4 heteroatoms. The van der Waals surface area contributed by atoms with Crippen molar-refractivity contribution in [2.45, 2.75) is 13.2 Å². The number of carbonyl (C=O) groups excluding carboxylic acids is 1. The topological polar surface area (TPSA) is 54.3 Å². The van der Waals surface area contributed by atoms with Crippen molar-refractivity contribution in [3.8, 4) is 0 Å². The zero-order valence-corrected chi connectivity index (χ0v) is 10.3. The second kappa shape index (κ2) is 5.51. The second-order valence-corrected chi connectivity index (χ2v) is 4.11. The number of aliphatic hydroxyl groups excluding tert-OH is 1. The molecule has 0 atom stereocenters. The standard InChI is InChI=1S/C14H16N2O2/c1-16-8-4-7-13(16)14(18)15-9-11-5-2-3-6-12(11)10-17/h2-8,17H,9-10H2,1H3,(H,15,18). The van der Waals surface area contributed by atoms with Gasteiger partial charge in [0, 0.05) is 19.8 Å². The lowest BCUT2D eigenvalue weighted by Crippen LogP contribution is -2.25. The van der Waals surface area contributed by atoms with Crippen LogP contribution in [0.3, 0.4) is 0 Å². The highest BCUT2D eigenvalue weighted by Gasteiger charge is 2.09. The molecule has 0 aliphatic rings. The van der Waals surface area contributed by atoms with Crippen LogP contribution in [0.15, 0.2) is 42.6 Å². The van der Waals surface area contributed by atoms with Crippen molar-refractivity contribution in [2.75, 3.05) is 0 Å². The number of nitrogens with one attached hydrogen (secondary N) is 1. The van der Waals surface area contributed by atoms with E-state index in [1.165, 1.54) is 0 Å². The lowest BCUT2D eigenvalue weighted by molar-refractivity contribution is 0.0942. The minimum Gasteiger partial charge on any atom is -0.392 e. The van der Waals surface area contributed by atoms with Crippen LogP contribution in [0.25, 0.3) is 0 Å². The first-order valence-corrected chi connectivity index (χ1v) is 5.79. The number of aromatic nitrogens is 1. The molecular formula is C14H16N2O2. The Hall–Kier alpha value is -2.07. The normalized spacial score (nSPS) is 10.3. The molecule has 0 bridgehead atoms. The van der Waals surface area contributed by atoms with E-state index in [4.69, 9.17) is 0 Å². The highest BCUT2D eigenvalue weighted by atomic mass is 16.3. The summed E-state index contributed by atoms with van der Waals surface area (Å²) < 4.78 is 1.77. The molecule has 0 aliphatic carbocycles. The average Bonchev–Trinajstić information content (AvgIpc) is 2.82. The molecule has 1 aromatic carbocycles. The molecule has 18 heavy (non-hydrogen) atoms. The van der Waals surface area contributed by atoms with Crippen molar-refractivity contribution in [1.82, 2.24) is 9.88 Å². The highest BCUT2D eigenvalue weighted by Crippen LogP contribution is 2.08. The second-order valence-electron chi connectivity index (χ2n) is 4.11. The van der Waals surface area contributed by atoms with E-state index in [9.17, 15) is 9.90 Å². The molecule has 0 radical (unpaired) electrons. The molecule has 0 saturated heterocycles. The molecule has 2 rings (SSSR count). The van der Waals surface area contributed by atoms with Crippen LogP contribution in [0.5, 0.6) is 0 Å². The number of carbonyl (C=O) groups is 1. The average molecular weight is 244 g/mol. The van der Waals surface area contributed by atoms with Gasteiger partial charge in [-0.05, 0) is 23.3 Å². The number of nitrogens with zero attached hydrogens (tertiary/aromatic N) is 1. The Labute approximate surface area is 106 Å². The largest absolute Gasteiger partial charge is 0.392 e. The summed E-state index contributed by atoms with van der Waals surface area (Å²) in [6.45, 7) is 0.400. The third kappa shape index (κ3) is 2.60. The first kappa shape index (κ1) is 12.4. The van der Waals surface area contributed by atoms with Crippen LogP contribution in [0.4, 0.5) is 0 Å². The quantitative estimate of drug-likeness (QED) is 0.855. The van der Waals surface area contributed by atoms with E-state index in [-0.39, 0.29) is 12.5 Å². The number of hydrogen-bond acceptors (Lipinski definition) is 2. The highest BCUT2D eigenvalue weighted by molar-refractivity contribution is 5.92. The molecule has 0 fully saturated rings. The van der Waals surface area contributed by atoms with Crippen molar-refractivity contribution in [2.24, 2.45) is 7.05 Å². The zero-order valence-electron chi connectivity index (χ0n) is 10.3. The van der Waals surface area contributed by atoms with Crippen LogP contribution in [0, 0.1) is 0 Å². The van der Waals surface area contributed by atoms with Gasteiger partial charge in [-0.3, -0.25) is 4.79 Å². The van der Waals surface area contributed by atoms with Gasteiger partial charge in [0.2, 0.25) is 0 Å². The molecule has 94 valence electrons. The minimum absolute atomic E-state index is 0.0177. The van der Waals surface area contributed by atoms with E-state index in [1.54, 1.807) is 10.6 Å². The summed E-state index contributed by atoms with van der Waals surface area (Å²) >= 11 is 0. The van der Waals surface area contributed by atoms with Crippen LogP contribution < -0.4 is 5.32 Å². The molecule has 1 heterocycles. The van der Waals surface area contributed by atoms with Crippen LogP contribution >= 0.6 is 0 Å². The molecule has 1 amide bonds. The zero-order chi connectivity index (χ0) is 13.0. The fourth-order valence-corrected chi connectivity index (χ4v) is 1.85. The summed E-state index contributed by atoms with van der Waals surface area (Å²) in [7, 11) is 1.83. The van der Waals surface area contributed by atoms with Crippen molar-refractivity contribution >= 4 is 5.91 Å². The maximum Gasteiger partial charge on any atom is 0.268 e. The number of benzene rings is 1. The summed E-state index contributed by atoms with van der Waals surface area (Å²) in [4.78, 5) is 11.9. The van der Waals surface area contributed by atoms with Gasteiger partial charge >= 0.3 is 0 Å². The van der Waals surface area contributed by atoms with E-state index in [2.05, 4.69) is 5.32 Å². The lowest BCUT2D eigenvalue weighted by Gasteiger charge is -2.09. The van der Waals surface area contributed by atoms with Gasteiger partial charge in [0.15, 0.2) is 0 Å². The Morgan fingerprint density at radius 1 is 1.22 bits per heavy atom. The molecule has 2 aromatic rings. The van der Waals surface area contributed by atoms with Crippen molar-refractivity contribution < 1.29 is 9.90 Å². The molecule has 0 unspecified atom stereocenters. The minimum atomic E-state index is -0.116. The molecule has 0 spiro atoms. The Morgan fingerprint density at radius 3 is 2.56 bits per heavy atom. The van der Waals surface area contributed by atoms with Crippen molar-refractivity contribution in [3.63, 3.8) is 0 Å². The van der Waals surface area contributed by atoms with E-state index >= 15 is 0 Å². The van der Waals surface area contributed by atoms with Gasteiger partial charge in [-0.15, -0.1) is 0 Å². The fourth-order valence-electron chi connectivity index (χ4n) is 1.85. The maximum absolute atomic E-state index is 11.9. The van der Waals surface area contributed by atoms with Gasteiger partial charge < -0.3 is 15.0 Å². The number of rotatable bonds is 4. The Kier molecular flexibility index (Phi) is 3.79. The smallest absolute Gasteiger partial charge is 0.268 e. The van der Waals surface area contributed by atoms with Crippen LogP contribution in [-0.2, 0) is 20.2 Å². The summed E-state index contributed by atoms with van der Waals surface area (Å²) in [6.07, 6.45) is 1.83. The summed E-state index contributed by atoms with van der Waals surface area (Å²) in [5.41, 5.74) is 2.39. The van der Waals surface area contributed by atoms with Crippen molar-refractivity contribution in [1.29, 1.82) is 0 Å². The molecular weight excluding hydrogens is 228 g/mol. The van der Waals surface area contributed by atoms with Crippen molar-refractivity contribution in [3.05, 3.63) is 59.4 Å². The van der Waals surface area contributed by atoms with Gasteiger partial charge in [-0.25, -0.2) is 0 Å². The fraction of sp³-hybridized carbons (Fsp3) is 0.214. The monoisotopic (exact) mass is 244 g/mol. The van der Waals surface area contributed by atoms with Crippen LogP contribution in [0.2, 0.25) is 0 Å². The molecule has 0 aliphatic heterocycles. The van der Waals surface area contributed by atoms with Gasteiger partial charge in [-0.2, -0.15) is 0 Å². The molecule has 2 N–H and O–H groups in total. The third-order valence-electron chi connectivity index (χ3n) is 2.90. The number of aryl methyl sites for hydroxylation is 1. The molecule has 0 saturated carbocycles. The number of amides is 1. The van der Waals surface area contributed by atoms with Gasteiger partial charge in [0.1, 0.15) is 5.69 Å². The summed E-state index contributed by atoms with van der Waals surface area (Å²) in [5, 5.41) is 12.0. The van der Waals surface area contributed by atoms with E-state index < -0.39 is 0 Å². The first-order valence-electron chi connectivity index (χ1n) is 5.79. The Balaban J connectivity index is 2.04. The van der Waals surface area contributed by atoms with Gasteiger partial charge in [0.25, 0.3) is 5.91 Å². The summed E-state index contributed by atoms with van der Waals surface area (Å²) in [5.74, 6) is -0.116. The van der Waals surface area contributed by atoms with E-state index in [0.29, 0.717) is 12.2 Å². The number of hydrogen-bond donors (Lipinski definition) is 2. The van der Waals surface area contributed by atoms with Crippen LogP contribution in [0.1, 0.15) is 21.6 Å². The summed E-state index contributed by atoms with van der Waals surface area (Å²) in [6, 6.07) is 11.1. The lowest BCUT2D eigenvalue weighted by atomic mass is 10.1. The molecule has 4 nitrogen and oxygen atoms in total. The Morgan fingerprint density at radius 2 is 1.94 bits per heavy atom. The predicted octanol–water partition coefficient (Wildman–Crippen LogP) is 1.45. The Bertz CT molecular complexity index is 546. The van der Waals surface area contributed by atoms with E-state index in [1.807, 2.05) is 43.6 Å². The predicted molar refractivity (Wildman–Crippen MR) is 68.9 cm³/mol. The van der Waals surface area contributed by atoms with Gasteiger partial charge in [0.05, 0.1) is 6.61 Å². The third-order valence-corrected chi connectivity index (χ3v) is 2.90. The van der Waals surface area contributed by atoms with Crippen LogP contribution in [-0.4, -0.2) is 15.6 Å². The maximum atomic E-state index is 11.9. The number of aliphatic hydroxyl groups is 1.